The molecule has 0 fully saturated rings. The summed E-state index contributed by atoms with van der Waals surface area (Å²) in [5.74, 6) is 0. The highest BCUT2D eigenvalue weighted by Gasteiger charge is 2.09. The molecule has 0 unspecified atom stereocenters. The van der Waals surface area contributed by atoms with Crippen molar-refractivity contribution in [1.29, 1.82) is 0 Å². The first-order chi connectivity index (χ1) is 10.0. The molecular formula is C19H20N2. The van der Waals surface area contributed by atoms with Crippen LogP contribution < -0.4 is 0 Å². The van der Waals surface area contributed by atoms with Crippen molar-refractivity contribution in [3.63, 3.8) is 0 Å². The molecule has 106 valence electrons. The first-order valence-electron chi connectivity index (χ1n) is 7.23. The molecule has 0 saturated carbocycles. The van der Waals surface area contributed by atoms with E-state index in [-0.39, 0.29) is 0 Å². The Labute approximate surface area is 126 Å². The highest BCUT2D eigenvalue weighted by atomic mass is 15.3. The molecule has 0 bridgehead atoms. The molecule has 2 aromatic carbocycles. The molecule has 0 amide bonds. The van der Waals surface area contributed by atoms with E-state index in [1.807, 2.05) is 11.7 Å². The molecule has 1 heterocycles. The Hall–Kier alpha value is -2.35. The number of rotatable bonds is 2. The van der Waals surface area contributed by atoms with Gasteiger partial charge in [0.1, 0.15) is 0 Å². The van der Waals surface area contributed by atoms with E-state index in [9.17, 15) is 0 Å². The van der Waals surface area contributed by atoms with Gasteiger partial charge < -0.3 is 0 Å². The minimum Gasteiger partial charge on any atom is -0.267 e. The zero-order valence-electron chi connectivity index (χ0n) is 13.0. The average molecular weight is 276 g/mol. The molecule has 3 rings (SSSR count). The average Bonchev–Trinajstić information content (AvgIpc) is 2.84. The van der Waals surface area contributed by atoms with Crippen LogP contribution in [0.2, 0.25) is 0 Å². The molecule has 0 radical (unpaired) electrons. The van der Waals surface area contributed by atoms with E-state index in [0.717, 1.165) is 11.4 Å². The van der Waals surface area contributed by atoms with Crippen molar-refractivity contribution in [2.75, 3.05) is 0 Å². The van der Waals surface area contributed by atoms with Crippen LogP contribution in [-0.2, 0) is 7.05 Å². The molecule has 21 heavy (non-hydrogen) atoms. The number of hydrogen-bond donors (Lipinski definition) is 0. The predicted molar refractivity (Wildman–Crippen MR) is 88.3 cm³/mol. The van der Waals surface area contributed by atoms with Gasteiger partial charge in [0.25, 0.3) is 0 Å². The van der Waals surface area contributed by atoms with E-state index < -0.39 is 0 Å². The Kier molecular flexibility index (Phi) is 3.38. The topological polar surface area (TPSA) is 17.8 Å². The molecule has 1 aromatic heterocycles. The van der Waals surface area contributed by atoms with E-state index in [2.05, 4.69) is 74.4 Å². The van der Waals surface area contributed by atoms with Gasteiger partial charge in [0.05, 0.1) is 11.4 Å². The summed E-state index contributed by atoms with van der Waals surface area (Å²) in [6.45, 7) is 6.39. The van der Waals surface area contributed by atoms with Gasteiger partial charge in [0.2, 0.25) is 0 Å². The summed E-state index contributed by atoms with van der Waals surface area (Å²) in [5.41, 5.74) is 8.43. The largest absolute Gasteiger partial charge is 0.267 e. The van der Waals surface area contributed by atoms with Crippen LogP contribution >= 0.6 is 0 Å². The Bertz CT molecular complexity index is 797. The maximum atomic E-state index is 4.67. The standard InChI is InChI=1S/C19H20N2/c1-13-6-5-7-17(10-13)19-12-18(20-21(19)4)16-9-8-14(2)15(3)11-16/h5-12H,1-4H3. The van der Waals surface area contributed by atoms with Crippen LogP contribution in [-0.4, -0.2) is 9.78 Å². The second-order valence-corrected chi connectivity index (χ2v) is 5.71. The van der Waals surface area contributed by atoms with E-state index in [1.54, 1.807) is 0 Å². The van der Waals surface area contributed by atoms with Crippen LogP contribution in [0.1, 0.15) is 16.7 Å². The van der Waals surface area contributed by atoms with Crippen molar-refractivity contribution in [3.05, 3.63) is 65.2 Å². The summed E-state index contributed by atoms with van der Waals surface area (Å²) in [4.78, 5) is 0. The molecule has 0 N–H and O–H groups in total. The fourth-order valence-electron chi connectivity index (χ4n) is 2.58. The first kappa shape index (κ1) is 13.6. The second-order valence-electron chi connectivity index (χ2n) is 5.71. The normalized spacial score (nSPS) is 10.9. The van der Waals surface area contributed by atoms with E-state index in [4.69, 9.17) is 0 Å². The minimum absolute atomic E-state index is 1.03. The first-order valence-corrected chi connectivity index (χ1v) is 7.23. The maximum Gasteiger partial charge on any atom is 0.0929 e. The predicted octanol–water partition coefficient (Wildman–Crippen LogP) is 4.68. The Balaban J connectivity index is 2.07. The third-order valence-electron chi connectivity index (χ3n) is 4.00. The molecule has 0 spiro atoms. The second kappa shape index (κ2) is 5.21. The van der Waals surface area contributed by atoms with Crippen molar-refractivity contribution in [1.82, 2.24) is 9.78 Å². The summed E-state index contributed by atoms with van der Waals surface area (Å²) < 4.78 is 1.96. The van der Waals surface area contributed by atoms with Gasteiger partial charge in [-0.15, -0.1) is 0 Å². The van der Waals surface area contributed by atoms with Crippen LogP contribution in [0.4, 0.5) is 0 Å². The zero-order chi connectivity index (χ0) is 15.0. The Morgan fingerprint density at radius 2 is 1.62 bits per heavy atom. The Morgan fingerprint density at radius 1 is 0.810 bits per heavy atom. The van der Waals surface area contributed by atoms with Crippen molar-refractivity contribution in [3.8, 4) is 22.5 Å². The van der Waals surface area contributed by atoms with Gasteiger partial charge in [-0.3, -0.25) is 4.68 Å². The van der Waals surface area contributed by atoms with E-state index in [1.165, 1.54) is 27.8 Å². The van der Waals surface area contributed by atoms with Gasteiger partial charge in [-0.2, -0.15) is 5.10 Å². The van der Waals surface area contributed by atoms with Crippen LogP contribution in [0.5, 0.6) is 0 Å². The summed E-state index contributed by atoms with van der Waals surface area (Å²) >= 11 is 0. The molecule has 2 heteroatoms. The third kappa shape index (κ3) is 2.62. The lowest BCUT2D eigenvalue weighted by Crippen LogP contribution is -1.94. The van der Waals surface area contributed by atoms with Gasteiger partial charge in [-0.05, 0) is 50.1 Å². The number of aryl methyl sites for hydroxylation is 4. The van der Waals surface area contributed by atoms with Gasteiger partial charge in [-0.1, -0.05) is 35.9 Å². The third-order valence-corrected chi connectivity index (χ3v) is 4.00. The van der Waals surface area contributed by atoms with Crippen molar-refractivity contribution in [2.45, 2.75) is 20.8 Å². The highest BCUT2D eigenvalue weighted by molar-refractivity contribution is 5.69. The number of hydrogen-bond acceptors (Lipinski definition) is 1. The highest BCUT2D eigenvalue weighted by Crippen LogP contribution is 2.27. The smallest absolute Gasteiger partial charge is 0.0929 e. The summed E-state index contributed by atoms with van der Waals surface area (Å²) in [5, 5.41) is 4.67. The lowest BCUT2D eigenvalue weighted by atomic mass is 10.0. The maximum absolute atomic E-state index is 4.67. The van der Waals surface area contributed by atoms with Gasteiger partial charge in [0.15, 0.2) is 0 Å². The van der Waals surface area contributed by atoms with Crippen LogP contribution in [0.15, 0.2) is 48.5 Å². The molecule has 0 aliphatic rings. The summed E-state index contributed by atoms with van der Waals surface area (Å²) in [7, 11) is 2.00. The van der Waals surface area contributed by atoms with Crippen LogP contribution in [0.25, 0.3) is 22.5 Å². The lowest BCUT2D eigenvalue weighted by Gasteiger charge is -2.02. The molecule has 0 aliphatic carbocycles. The van der Waals surface area contributed by atoms with Crippen LogP contribution in [0.3, 0.4) is 0 Å². The number of aromatic nitrogens is 2. The van der Waals surface area contributed by atoms with E-state index in [0.29, 0.717) is 0 Å². The summed E-state index contributed by atoms with van der Waals surface area (Å²) in [6, 6.07) is 17.2. The zero-order valence-corrected chi connectivity index (χ0v) is 13.0. The Morgan fingerprint density at radius 3 is 2.33 bits per heavy atom. The van der Waals surface area contributed by atoms with Gasteiger partial charge >= 0.3 is 0 Å². The summed E-state index contributed by atoms with van der Waals surface area (Å²) in [6.07, 6.45) is 0. The fraction of sp³-hybridized carbons (Fsp3) is 0.211. The number of benzene rings is 2. The lowest BCUT2D eigenvalue weighted by molar-refractivity contribution is 0.779. The monoisotopic (exact) mass is 276 g/mol. The van der Waals surface area contributed by atoms with Crippen molar-refractivity contribution < 1.29 is 0 Å². The van der Waals surface area contributed by atoms with Gasteiger partial charge in [-0.25, -0.2) is 0 Å². The van der Waals surface area contributed by atoms with Gasteiger partial charge in [0, 0.05) is 18.2 Å². The quantitative estimate of drug-likeness (QED) is 0.664. The van der Waals surface area contributed by atoms with Crippen molar-refractivity contribution in [2.24, 2.45) is 7.05 Å². The molecule has 3 aromatic rings. The van der Waals surface area contributed by atoms with E-state index >= 15 is 0 Å². The molecule has 0 atom stereocenters. The fourth-order valence-corrected chi connectivity index (χ4v) is 2.58. The molecular weight excluding hydrogens is 256 g/mol. The molecule has 0 saturated heterocycles. The minimum atomic E-state index is 1.03. The molecule has 0 aliphatic heterocycles. The molecule has 2 nitrogen and oxygen atoms in total. The SMILES string of the molecule is Cc1cccc(-c2cc(-c3ccc(C)c(C)c3)nn2C)c1. The van der Waals surface area contributed by atoms with Crippen LogP contribution in [0, 0.1) is 20.8 Å². The van der Waals surface area contributed by atoms with Crippen molar-refractivity contribution >= 4 is 0 Å². The number of nitrogens with zero attached hydrogens (tertiary/aromatic N) is 2.